The lowest BCUT2D eigenvalue weighted by molar-refractivity contribution is -0.129. The van der Waals surface area contributed by atoms with E-state index in [9.17, 15) is 14.4 Å². The Balaban J connectivity index is 1.65. The number of benzene rings is 2. The Morgan fingerprint density at radius 3 is 2.67 bits per heavy atom. The summed E-state index contributed by atoms with van der Waals surface area (Å²) >= 11 is 0. The molecule has 0 atom stereocenters. The monoisotopic (exact) mass is 367 g/mol. The lowest BCUT2D eigenvalue weighted by Gasteiger charge is -2.11. The van der Waals surface area contributed by atoms with E-state index in [-0.39, 0.29) is 24.6 Å². The van der Waals surface area contributed by atoms with Crippen LogP contribution in [0.15, 0.2) is 48.2 Å². The molecular weight excluding hydrogens is 346 g/mol. The van der Waals surface area contributed by atoms with Gasteiger partial charge < -0.3 is 5.32 Å². The molecule has 4 amide bonds. The van der Waals surface area contributed by atoms with Gasteiger partial charge in [-0.05, 0) is 35.3 Å². The number of nitrogens with one attached hydrogen (secondary N) is 2. The van der Waals surface area contributed by atoms with Crippen LogP contribution >= 0.6 is 0 Å². The topological polar surface area (TPSA) is 98.7 Å². The van der Waals surface area contributed by atoms with Gasteiger partial charge in [0.05, 0.1) is 0 Å². The number of urea groups is 1. The number of hydroxylamine groups is 1. The molecule has 1 heterocycles. The maximum Gasteiger partial charge on any atom is 0.329 e. The molecule has 0 spiro atoms. The molecule has 3 N–H and O–H groups in total. The summed E-state index contributed by atoms with van der Waals surface area (Å²) in [6, 6.07) is 13.2. The average molecular weight is 367 g/mol. The number of amides is 4. The normalized spacial score (nSPS) is 15.4. The van der Waals surface area contributed by atoms with Gasteiger partial charge in [-0.3, -0.25) is 19.7 Å². The second-order valence-corrected chi connectivity index (χ2v) is 6.36. The SMILES string of the molecule is O=C(CCCCCN1C(=O)NC(=Cc2cccc3ccccc23)C1=O)NO. The van der Waals surface area contributed by atoms with Crippen molar-refractivity contribution in [2.45, 2.75) is 25.7 Å². The number of hydrogen-bond donors (Lipinski definition) is 3. The first kappa shape index (κ1) is 18.6. The van der Waals surface area contributed by atoms with Crippen molar-refractivity contribution in [1.29, 1.82) is 0 Å². The first-order chi connectivity index (χ1) is 13.1. The first-order valence-corrected chi connectivity index (χ1v) is 8.85. The second-order valence-electron chi connectivity index (χ2n) is 6.36. The molecule has 1 fully saturated rings. The fourth-order valence-electron chi connectivity index (χ4n) is 3.09. The van der Waals surface area contributed by atoms with Crippen molar-refractivity contribution in [2.75, 3.05) is 6.54 Å². The summed E-state index contributed by atoms with van der Waals surface area (Å²) in [6.07, 6.45) is 3.76. The average Bonchev–Trinajstić information content (AvgIpc) is 2.95. The molecule has 7 nitrogen and oxygen atoms in total. The van der Waals surface area contributed by atoms with E-state index in [4.69, 9.17) is 5.21 Å². The Morgan fingerprint density at radius 1 is 1.07 bits per heavy atom. The van der Waals surface area contributed by atoms with Crippen molar-refractivity contribution in [1.82, 2.24) is 15.7 Å². The van der Waals surface area contributed by atoms with Crippen LogP contribution in [0.25, 0.3) is 16.8 Å². The van der Waals surface area contributed by atoms with Gasteiger partial charge in [0.15, 0.2) is 0 Å². The van der Waals surface area contributed by atoms with Crippen molar-refractivity contribution in [3.63, 3.8) is 0 Å². The Bertz CT molecular complexity index is 902. The number of fused-ring (bicyclic) bond motifs is 1. The van der Waals surface area contributed by atoms with Crippen LogP contribution in [0, 0.1) is 0 Å². The fraction of sp³-hybridized carbons (Fsp3) is 0.250. The van der Waals surface area contributed by atoms with Crippen molar-refractivity contribution in [3.05, 3.63) is 53.7 Å². The molecule has 7 heteroatoms. The molecule has 0 radical (unpaired) electrons. The highest BCUT2D eigenvalue weighted by Gasteiger charge is 2.32. The summed E-state index contributed by atoms with van der Waals surface area (Å²) < 4.78 is 0. The molecule has 2 aromatic carbocycles. The summed E-state index contributed by atoms with van der Waals surface area (Å²) in [4.78, 5) is 36.8. The molecule has 2 aromatic rings. The number of carbonyl (C=O) groups excluding carboxylic acids is 3. The molecule has 0 aliphatic carbocycles. The van der Waals surface area contributed by atoms with E-state index in [1.165, 1.54) is 4.90 Å². The summed E-state index contributed by atoms with van der Waals surface area (Å²) in [5.41, 5.74) is 2.71. The van der Waals surface area contributed by atoms with Crippen LogP contribution in [-0.4, -0.2) is 34.5 Å². The number of imide groups is 1. The Labute approximate surface area is 156 Å². The van der Waals surface area contributed by atoms with Crippen molar-refractivity contribution >= 4 is 34.7 Å². The van der Waals surface area contributed by atoms with Gasteiger partial charge in [0, 0.05) is 13.0 Å². The number of hydrogen-bond acceptors (Lipinski definition) is 4. The predicted molar refractivity (Wildman–Crippen MR) is 101 cm³/mol. The molecular formula is C20H21N3O4. The van der Waals surface area contributed by atoms with Gasteiger partial charge in [0.2, 0.25) is 5.91 Å². The molecule has 1 aliphatic rings. The largest absolute Gasteiger partial charge is 0.329 e. The zero-order valence-electron chi connectivity index (χ0n) is 14.8. The molecule has 27 heavy (non-hydrogen) atoms. The quantitative estimate of drug-likeness (QED) is 0.230. The van der Waals surface area contributed by atoms with Crippen LogP contribution < -0.4 is 10.8 Å². The van der Waals surface area contributed by atoms with Gasteiger partial charge in [-0.25, -0.2) is 10.3 Å². The van der Waals surface area contributed by atoms with Gasteiger partial charge in [0.1, 0.15) is 5.70 Å². The van der Waals surface area contributed by atoms with E-state index in [0.29, 0.717) is 19.3 Å². The maximum absolute atomic E-state index is 12.6. The van der Waals surface area contributed by atoms with E-state index < -0.39 is 11.9 Å². The molecule has 1 saturated heterocycles. The van der Waals surface area contributed by atoms with Gasteiger partial charge in [0.25, 0.3) is 5.91 Å². The van der Waals surface area contributed by atoms with Crippen LogP contribution in [0.2, 0.25) is 0 Å². The van der Waals surface area contributed by atoms with Crippen LogP contribution in [0.3, 0.4) is 0 Å². The molecule has 0 saturated carbocycles. The Morgan fingerprint density at radius 2 is 1.85 bits per heavy atom. The van der Waals surface area contributed by atoms with Gasteiger partial charge >= 0.3 is 6.03 Å². The first-order valence-electron chi connectivity index (χ1n) is 8.85. The highest BCUT2D eigenvalue weighted by atomic mass is 16.5. The molecule has 3 rings (SSSR count). The van der Waals surface area contributed by atoms with E-state index in [1.807, 2.05) is 42.5 Å². The van der Waals surface area contributed by atoms with Crippen LogP contribution in [-0.2, 0) is 9.59 Å². The van der Waals surface area contributed by atoms with Crippen molar-refractivity contribution < 1.29 is 19.6 Å². The third-order valence-electron chi connectivity index (χ3n) is 4.50. The van der Waals surface area contributed by atoms with Gasteiger partial charge in [-0.2, -0.15) is 0 Å². The fourth-order valence-corrected chi connectivity index (χ4v) is 3.09. The molecule has 0 aromatic heterocycles. The Kier molecular flexibility index (Phi) is 5.83. The van der Waals surface area contributed by atoms with Gasteiger partial charge in [-0.1, -0.05) is 48.9 Å². The Hall–Kier alpha value is -3.19. The third-order valence-corrected chi connectivity index (χ3v) is 4.50. The standard InChI is InChI=1S/C20H21N3O4/c24-18(22-27)11-2-1-5-12-23-19(25)17(21-20(23)26)13-15-9-6-8-14-7-3-4-10-16(14)15/h3-4,6-10,13,27H,1-2,5,11-12H2,(H,21,26)(H,22,24). The van der Waals surface area contributed by atoms with Gasteiger partial charge in [-0.15, -0.1) is 0 Å². The number of nitrogens with zero attached hydrogens (tertiary/aromatic N) is 1. The van der Waals surface area contributed by atoms with E-state index >= 15 is 0 Å². The highest BCUT2D eigenvalue weighted by Crippen LogP contribution is 2.22. The molecule has 0 bridgehead atoms. The summed E-state index contributed by atoms with van der Waals surface area (Å²) in [5, 5.41) is 13.1. The second kappa shape index (κ2) is 8.46. The molecule has 0 unspecified atom stereocenters. The summed E-state index contributed by atoms with van der Waals surface area (Å²) in [7, 11) is 0. The van der Waals surface area contributed by atoms with Crippen LogP contribution in [0.4, 0.5) is 4.79 Å². The number of rotatable bonds is 7. The summed E-state index contributed by atoms with van der Waals surface area (Å²) in [5.74, 6) is -0.786. The minimum absolute atomic E-state index is 0.211. The van der Waals surface area contributed by atoms with E-state index in [0.717, 1.165) is 16.3 Å². The maximum atomic E-state index is 12.6. The minimum atomic E-state index is -0.440. The zero-order chi connectivity index (χ0) is 19.2. The molecule has 140 valence electrons. The van der Waals surface area contributed by atoms with E-state index in [1.54, 1.807) is 11.6 Å². The predicted octanol–water partition coefficient (Wildman–Crippen LogP) is 2.80. The zero-order valence-corrected chi connectivity index (χ0v) is 14.8. The number of carbonyl (C=O) groups is 3. The lowest BCUT2D eigenvalue weighted by atomic mass is 10.0. The van der Waals surface area contributed by atoms with Crippen molar-refractivity contribution in [3.8, 4) is 0 Å². The van der Waals surface area contributed by atoms with E-state index in [2.05, 4.69) is 5.32 Å². The highest BCUT2D eigenvalue weighted by molar-refractivity contribution is 6.14. The summed E-state index contributed by atoms with van der Waals surface area (Å²) in [6.45, 7) is 0.290. The third kappa shape index (κ3) is 4.32. The van der Waals surface area contributed by atoms with Crippen LogP contribution in [0.5, 0.6) is 0 Å². The van der Waals surface area contributed by atoms with Crippen molar-refractivity contribution in [2.24, 2.45) is 0 Å². The smallest absolute Gasteiger partial charge is 0.303 e. The van der Waals surface area contributed by atoms with Crippen LogP contribution in [0.1, 0.15) is 31.2 Å². The molecule has 1 aliphatic heterocycles. The lowest BCUT2D eigenvalue weighted by Crippen LogP contribution is -2.31. The minimum Gasteiger partial charge on any atom is -0.303 e. The number of unbranched alkanes of at least 4 members (excludes halogenated alkanes) is 2.